The van der Waals surface area contributed by atoms with Gasteiger partial charge in [0.1, 0.15) is 6.07 Å². The Bertz CT molecular complexity index is 951. The first-order valence-electron chi connectivity index (χ1n) is 11.5. The summed E-state index contributed by atoms with van der Waals surface area (Å²) in [6.07, 6.45) is 9.30. The summed E-state index contributed by atoms with van der Waals surface area (Å²) < 4.78 is 0. The molecule has 0 spiro atoms. The molecule has 1 aromatic heterocycles. The quantitative estimate of drug-likeness (QED) is 0.713. The molecule has 7 nitrogen and oxygen atoms in total. The Kier molecular flexibility index (Phi) is 6.71. The zero-order valence-electron chi connectivity index (χ0n) is 19.1. The van der Waals surface area contributed by atoms with Crippen LogP contribution in [0, 0.1) is 17.2 Å². The summed E-state index contributed by atoms with van der Waals surface area (Å²) in [5.74, 6) is 1.10. The molecule has 0 radical (unpaired) electrons. The molecular formula is C25H32N6O. The molecule has 2 aliphatic rings. The van der Waals surface area contributed by atoms with E-state index in [1.165, 1.54) is 31.0 Å². The van der Waals surface area contributed by atoms with Gasteiger partial charge in [-0.3, -0.25) is 9.80 Å². The number of carbonyl (C=O) groups is 1. The molecule has 1 saturated heterocycles. The third kappa shape index (κ3) is 4.46. The van der Waals surface area contributed by atoms with Gasteiger partial charge in [0.2, 0.25) is 0 Å². The van der Waals surface area contributed by atoms with E-state index in [1.807, 2.05) is 11.0 Å². The van der Waals surface area contributed by atoms with Gasteiger partial charge >= 0.3 is 6.03 Å². The predicted molar refractivity (Wildman–Crippen MR) is 124 cm³/mol. The van der Waals surface area contributed by atoms with Crippen LogP contribution in [-0.2, 0) is 5.54 Å². The monoisotopic (exact) mass is 432 g/mol. The molecule has 7 heteroatoms. The number of nitriles is 1. The number of benzene rings is 1. The maximum atomic E-state index is 13.7. The highest BCUT2D eigenvalue weighted by molar-refractivity contribution is 5.91. The van der Waals surface area contributed by atoms with Crippen LogP contribution in [0.25, 0.3) is 0 Å². The first kappa shape index (κ1) is 22.2. The summed E-state index contributed by atoms with van der Waals surface area (Å²) in [6.45, 7) is 2.06. The molecule has 0 N–H and O–H groups in total. The van der Waals surface area contributed by atoms with Crippen LogP contribution >= 0.6 is 0 Å². The zero-order valence-corrected chi connectivity index (χ0v) is 19.1. The Labute approximate surface area is 190 Å². The number of urea groups is 1. The summed E-state index contributed by atoms with van der Waals surface area (Å²) in [5, 5.41) is 9.06. The molecule has 0 bridgehead atoms. The summed E-state index contributed by atoms with van der Waals surface area (Å²) >= 11 is 0. The van der Waals surface area contributed by atoms with Gasteiger partial charge in [0.05, 0.1) is 12.4 Å². The number of anilines is 1. The number of amides is 2. The summed E-state index contributed by atoms with van der Waals surface area (Å²) in [6, 6.07) is 12.7. The van der Waals surface area contributed by atoms with Gasteiger partial charge in [-0.05, 0) is 57.7 Å². The van der Waals surface area contributed by atoms with Gasteiger partial charge < -0.3 is 4.90 Å². The summed E-state index contributed by atoms with van der Waals surface area (Å²) in [4.78, 5) is 28.4. The van der Waals surface area contributed by atoms with Gasteiger partial charge in [-0.1, -0.05) is 36.8 Å². The molecule has 2 heterocycles. The molecule has 1 saturated carbocycles. The Hall–Kier alpha value is -2.98. The van der Waals surface area contributed by atoms with Crippen LogP contribution < -0.4 is 4.90 Å². The Morgan fingerprint density at radius 2 is 1.88 bits per heavy atom. The molecule has 1 aliphatic carbocycles. The number of aromatic nitrogens is 2. The Morgan fingerprint density at radius 1 is 1.09 bits per heavy atom. The lowest BCUT2D eigenvalue weighted by Crippen LogP contribution is -2.48. The van der Waals surface area contributed by atoms with Crippen LogP contribution in [0.3, 0.4) is 0 Å². The van der Waals surface area contributed by atoms with E-state index in [9.17, 15) is 4.79 Å². The van der Waals surface area contributed by atoms with E-state index >= 15 is 0 Å². The summed E-state index contributed by atoms with van der Waals surface area (Å²) in [7, 11) is 4.29. The third-order valence-electron chi connectivity index (χ3n) is 7.17. The molecule has 1 atom stereocenters. The van der Waals surface area contributed by atoms with E-state index in [0.717, 1.165) is 25.8 Å². The SMILES string of the molecule is CN(C)[C@@]1(c2ccccc2)CCCN(c2cnc(C#N)cn2)C(=O)N(CC2CCC2)CC1. The van der Waals surface area contributed by atoms with Gasteiger partial charge in [-0.25, -0.2) is 14.8 Å². The van der Waals surface area contributed by atoms with E-state index in [-0.39, 0.29) is 17.3 Å². The molecule has 32 heavy (non-hydrogen) atoms. The second kappa shape index (κ2) is 9.66. The minimum atomic E-state index is -0.133. The molecule has 2 fully saturated rings. The lowest BCUT2D eigenvalue weighted by atomic mass is 9.80. The van der Waals surface area contributed by atoms with Crippen LogP contribution in [0.1, 0.15) is 49.8 Å². The van der Waals surface area contributed by atoms with Crippen molar-refractivity contribution in [1.82, 2.24) is 19.8 Å². The highest BCUT2D eigenvalue weighted by Crippen LogP contribution is 2.37. The van der Waals surface area contributed by atoms with Crippen molar-refractivity contribution >= 4 is 11.8 Å². The average Bonchev–Trinajstić information content (AvgIpc) is 2.86. The van der Waals surface area contributed by atoms with Gasteiger partial charge in [0.25, 0.3) is 0 Å². The van der Waals surface area contributed by atoms with E-state index in [1.54, 1.807) is 11.1 Å². The van der Waals surface area contributed by atoms with Crippen molar-refractivity contribution < 1.29 is 4.79 Å². The van der Waals surface area contributed by atoms with Crippen molar-refractivity contribution in [1.29, 1.82) is 5.26 Å². The Balaban J connectivity index is 1.67. The van der Waals surface area contributed by atoms with Crippen LogP contribution in [0.15, 0.2) is 42.7 Å². The minimum absolute atomic E-state index is 0.00137. The first-order chi connectivity index (χ1) is 15.5. The number of hydrogen-bond donors (Lipinski definition) is 0. The molecule has 2 amide bonds. The molecule has 0 unspecified atom stereocenters. The highest BCUT2D eigenvalue weighted by atomic mass is 16.2. The molecular weight excluding hydrogens is 400 g/mol. The fourth-order valence-electron chi connectivity index (χ4n) is 4.97. The number of nitrogens with zero attached hydrogens (tertiary/aromatic N) is 6. The molecule has 4 rings (SSSR count). The smallest absolute Gasteiger partial charge is 0.324 e. The predicted octanol–water partition coefficient (Wildman–Crippen LogP) is 4.02. The largest absolute Gasteiger partial charge is 0.325 e. The van der Waals surface area contributed by atoms with Gasteiger partial charge in [-0.2, -0.15) is 5.26 Å². The molecule has 2 aromatic rings. The van der Waals surface area contributed by atoms with Crippen LogP contribution in [-0.4, -0.2) is 59.5 Å². The lowest BCUT2D eigenvalue weighted by molar-refractivity contribution is 0.105. The number of carbonyl (C=O) groups excluding carboxylic acids is 1. The van der Waals surface area contributed by atoms with Crippen LogP contribution in [0.4, 0.5) is 10.6 Å². The van der Waals surface area contributed by atoms with Crippen molar-refractivity contribution in [2.45, 2.75) is 44.1 Å². The molecule has 1 aliphatic heterocycles. The molecule has 1 aromatic carbocycles. The fraction of sp³-hybridized carbons (Fsp3) is 0.520. The zero-order chi connectivity index (χ0) is 22.6. The first-order valence-corrected chi connectivity index (χ1v) is 11.5. The van der Waals surface area contributed by atoms with Crippen LogP contribution in [0.2, 0.25) is 0 Å². The second-order valence-electron chi connectivity index (χ2n) is 9.19. The van der Waals surface area contributed by atoms with Crippen molar-refractivity contribution in [2.75, 3.05) is 38.6 Å². The van der Waals surface area contributed by atoms with Crippen LogP contribution in [0.5, 0.6) is 0 Å². The lowest BCUT2D eigenvalue weighted by Gasteiger charge is -2.42. The van der Waals surface area contributed by atoms with E-state index in [0.29, 0.717) is 24.8 Å². The third-order valence-corrected chi connectivity index (χ3v) is 7.17. The van der Waals surface area contributed by atoms with Gasteiger partial charge in [0, 0.05) is 25.2 Å². The van der Waals surface area contributed by atoms with Crippen molar-refractivity contribution in [3.63, 3.8) is 0 Å². The topological polar surface area (TPSA) is 76.4 Å². The summed E-state index contributed by atoms with van der Waals surface area (Å²) in [5.41, 5.74) is 1.42. The van der Waals surface area contributed by atoms with Gasteiger partial charge in [0.15, 0.2) is 11.5 Å². The fourth-order valence-corrected chi connectivity index (χ4v) is 4.97. The van der Waals surface area contributed by atoms with E-state index in [4.69, 9.17) is 5.26 Å². The van der Waals surface area contributed by atoms with Gasteiger partial charge in [-0.15, -0.1) is 0 Å². The number of rotatable bonds is 5. The normalized spacial score (nSPS) is 22.6. The maximum Gasteiger partial charge on any atom is 0.325 e. The van der Waals surface area contributed by atoms with Crippen molar-refractivity contribution in [2.24, 2.45) is 5.92 Å². The Morgan fingerprint density at radius 3 is 2.47 bits per heavy atom. The molecule has 168 valence electrons. The van der Waals surface area contributed by atoms with E-state index < -0.39 is 0 Å². The standard InChI is InChI=1S/C25H32N6O/c1-29(2)25(21-10-4-3-5-11-21)12-7-14-31(23-18-27-22(16-26)17-28-23)24(32)30(15-13-25)19-20-8-6-9-20/h3-5,10-11,17-18,20H,6-9,12-15,19H2,1-2H3/t25-/m0/s1. The van der Waals surface area contributed by atoms with Crippen molar-refractivity contribution in [3.8, 4) is 6.07 Å². The maximum absolute atomic E-state index is 13.7. The van der Waals surface area contributed by atoms with E-state index in [2.05, 4.69) is 59.3 Å². The highest BCUT2D eigenvalue weighted by Gasteiger charge is 2.38. The minimum Gasteiger partial charge on any atom is -0.324 e. The number of hydrogen-bond acceptors (Lipinski definition) is 5. The average molecular weight is 433 g/mol. The second-order valence-corrected chi connectivity index (χ2v) is 9.19. The van der Waals surface area contributed by atoms with Crippen molar-refractivity contribution in [3.05, 3.63) is 54.0 Å².